The van der Waals surface area contributed by atoms with Crippen LogP contribution in [-0.2, 0) is 24.0 Å². The van der Waals surface area contributed by atoms with E-state index in [1.165, 1.54) is 42.5 Å². The second-order valence-corrected chi connectivity index (χ2v) is 6.57. The molecule has 0 aliphatic rings. The monoisotopic (exact) mass is 504 g/mol. The SMILES string of the molecule is C=CC(=O)Oc1ccc(OC(=O)/C=C/c2ccc(OC(=O)C=C)c(OC(=O)C=C)c2)c(OC(=O)C=C)c1. The van der Waals surface area contributed by atoms with Gasteiger partial charge in [0.15, 0.2) is 23.0 Å². The first-order valence-corrected chi connectivity index (χ1v) is 10.2. The minimum Gasteiger partial charge on any atom is -0.423 e. The Morgan fingerprint density at radius 3 is 1.49 bits per heavy atom. The molecule has 0 saturated heterocycles. The van der Waals surface area contributed by atoms with Crippen LogP contribution >= 0.6 is 0 Å². The summed E-state index contributed by atoms with van der Waals surface area (Å²) in [5, 5.41) is 0. The minimum atomic E-state index is -0.876. The zero-order valence-corrected chi connectivity index (χ0v) is 19.3. The van der Waals surface area contributed by atoms with Crippen LogP contribution in [0.4, 0.5) is 0 Å². The number of hydrogen-bond acceptors (Lipinski definition) is 10. The lowest BCUT2D eigenvalue weighted by Gasteiger charge is -2.11. The maximum Gasteiger partial charge on any atom is 0.336 e. The molecule has 0 aromatic heterocycles. The number of rotatable bonds is 11. The van der Waals surface area contributed by atoms with Gasteiger partial charge in [0.05, 0.1) is 0 Å². The Bertz CT molecular complexity index is 1320. The van der Waals surface area contributed by atoms with Gasteiger partial charge >= 0.3 is 29.8 Å². The van der Waals surface area contributed by atoms with Crippen LogP contribution in [0.25, 0.3) is 6.08 Å². The van der Waals surface area contributed by atoms with Crippen molar-refractivity contribution >= 4 is 35.9 Å². The molecule has 37 heavy (non-hydrogen) atoms. The van der Waals surface area contributed by atoms with Gasteiger partial charge in [0.25, 0.3) is 0 Å². The first kappa shape index (κ1) is 27.7. The quantitative estimate of drug-likeness (QED) is 0.254. The van der Waals surface area contributed by atoms with E-state index in [2.05, 4.69) is 26.3 Å². The number of hydrogen-bond donors (Lipinski definition) is 0. The maximum absolute atomic E-state index is 12.4. The van der Waals surface area contributed by atoms with Gasteiger partial charge in [-0.1, -0.05) is 32.4 Å². The first-order valence-electron chi connectivity index (χ1n) is 10.2. The zero-order chi connectivity index (χ0) is 27.4. The molecule has 188 valence electrons. The first-order chi connectivity index (χ1) is 17.7. The van der Waals surface area contributed by atoms with Gasteiger partial charge in [-0.3, -0.25) is 0 Å². The molecule has 0 spiro atoms. The third kappa shape index (κ3) is 8.65. The van der Waals surface area contributed by atoms with Gasteiger partial charge in [0.1, 0.15) is 5.75 Å². The fraction of sp³-hybridized carbons (Fsp3) is 0. The number of benzene rings is 2. The number of esters is 5. The van der Waals surface area contributed by atoms with Gasteiger partial charge in [-0.15, -0.1) is 0 Å². The summed E-state index contributed by atoms with van der Waals surface area (Å²) in [6.45, 7) is 13.2. The summed E-state index contributed by atoms with van der Waals surface area (Å²) in [5.41, 5.74) is 0.368. The maximum atomic E-state index is 12.4. The summed E-state index contributed by atoms with van der Waals surface area (Å²) < 4.78 is 25.3. The predicted octanol–water partition coefficient (Wildman–Crippen LogP) is 3.67. The number of carbonyl (C=O) groups excluding carboxylic acids is 5. The summed E-state index contributed by atoms with van der Waals surface area (Å²) in [5.74, 6) is -4.60. The molecule has 0 N–H and O–H groups in total. The molecule has 0 radical (unpaired) electrons. The topological polar surface area (TPSA) is 132 Å². The third-order valence-corrected chi connectivity index (χ3v) is 4.02. The van der Waals surface area contributed by atoms with Crippen LogP contribution in [0.1, 0.15) is 5.56 Å². The van der Waals surface area contributed by atoms with E-state index in [1.54, 1.807) is 0 Å². The molecule has 0 aliphatic heterocycles. The molecule has 2 rings (SSSR count). The summed E-state index contributed by atoms with van der Waals surface area (Å²) in [6, 6.07) is 7.87. The Morgan fingerprint density at radius 2 is 0.946 bits per heavy atom. The lowest BCUT2D eigenvalue weighted by Crippen LogP contribution is -2.10. The normalized spacial score (nSPS) is 9.95. The minimum absolute atomic E-state index is 0.00551. The molecule has 0 aliphatic carbocycles. The molecule has 10 nitrogen and oxygen atoms in total. The smallest absolute Gasteiger partial charge is 0.336 e. The van der Waals surface area contributed by atoms with E-state index in [4.69, 9.17) is 23.7 Å². The highest BCUT2D eigenvalue weighted by molar-refractivity contribution is 5.91. The highest BCUT2D eigenvalue weighted by atomic mass is 16.6. The predicted molar refractivity (Wildman–Crippen MR) is 131 cm³/mol. The molecule has 2 aromatic carbocycles. The van der Waals surface area contributed by atoms with E-state index >= 15 is 0 Å². The summed E-state index contributed by atoms with van der Waals surface area (Å²) in [6.07, 6.45) is 6.03. The van der Waals surface area contributed by atoms with Gasteiger partial charge in [-0.2, -0.15) is 0 Å². The Balaban J connectivity index is 2.27. The molecule has 10 heteroatoms. The Hall–Kier alpha value is -5.51. The van der Waals surface area contributed by atoms with Crippen LogP contribution in [0.15, 0.2) is 93.1 Å². The van der Waals surface area contributed by atoms with Crippen molar-refractivity contribution in [1.29, 1.82) is 0 Å². The summed E-state index contributed by atoms with van der Waals surface area (Å²) >= 11 is 0. The van der Waals surface area contributed by atoms with Crippen molar-refractivity contribution in [1.82, 2.24) is 0 Å². The Morgan fingerprint density at radius 1 is 0.514 bits per heavy atom. The van der Waals surface area contributed by atoms with Crippen molar-refractivity contribution < 1.29 is 47.7 Å². The van der Waals surface area contributed by atoms with Gasteiger partial charge in [-0.05, 0) is 35.9 Å². The second kappa shape index (κ2) is 13.4. The number of carbonyl (C=O) groups is 5. The third-order valence-electron chi connectivity index (χ3n) is 4.02. The van der Waals surface area contributed by atoms with Crippen molar-refractivity contribution in [3.05, 3.63) is 98.7 Å². The largest absolute Gasteiger partial charge is 0.423 e. The van der Waals surface area contributed by atoms with Crippen molar-refractivity contribution in [2.24, 2.45) is 0 Å². The van der Waals surface area contributed by atoms with Crippen molar-refractivity contribution in [2.75, 3.05) is 0 Å². The number of ether oxygens (including phenoxy) is 5. The van der Waals surface area contributed by atoms with Crippen molar-refractivity contribution in [2.45, 2.75) is 0 Å². The molecule has 0 amide bonds. The molecular weight excluding hydrogens is 484 g/mol. The van der Waals surface area contributed by atoms with E-state index in [1.807, 2.05) is 0 Å². The summed E-state index contributed by atoms with van der Waals surface area (Å²) in [7, 11) is 0. The Labute approximate surface area is 211 Å². The molecular formula is C27H20O10. The van der Waals surface area contributed by atoms with Crippen molar-refractivity contribution in [3.8, 4) is 28.7 Å². The Kier molecular flexibility index (Phi) is 10.0. The highest BCUT2D eigenvalue weighted by Gasteiger charge is 2.15. The second-order valence-electron chi connectivity index (χ2n) is 6.57. The molecule has 0 bridgehead atoms. The van der Waals surface area contributed by atoms with Gasteiger partial charge in [0, 0.05) is 36.4 Å². The van der Waals surface area contributed by atoms with Crippen LogP contribution in [0, 0.1) is 0 Å². The standard InChI is InChI=1S/C27H20O10/c1-5-23(28)33-18-11-13-20(22(16-18)37-26(31)8-4)35-27(32)14-10-17-9-12-19(34-24(29)6-2)21(15-17)36-25(30)7-3/h5-16H,1-4H2/b14-10+. The molecule has 0 atom stereocenters. The molecule has 0 saturated carbocycles. The summed E-state index contributed by atoms with van der Waals surface area (Å²) in [4.78, 5) is 58.7. The molecule has 0 unspecified atom stereocenters. The fourth-order valence-electron chi connectivity index (χ4n) is 2.42. The van der Waals surface area contributed by atoms with Crippen LogP contribution in [0.3, 0.4) is 0 Å². The van der Waals surface area contributed by atoms with Crippen LogP contribution in [0.2, 0.25) is 0 Å². The molecule has 0 fully saturated rings. The highest BCUT2D eigenvalue weighted by Crippen LogP contribution is 2.33. The van der Waals surface area contributed by atoms with Crippen LogP contribution in [0.5, 0.6) is 28.7 Å². The lowest BCUT2D eigenvalue weighted by atomic mass is 10.2. The van der Waals surface area contributed by atoms with E-state index in [0.29, 0.717) is 5.56 Å². The molecule has 0 heterocycles. The zero-order valence-electron chi connectivity index (χ0n) is 19.3. The van der Waals surface area contributed by atoms with E-state index in [-0.39, 0.29) is 28.7 Å². The van der Waals surface area contributed by atoms with E-state index in [9.17, 15) is 24.0 Å². The van der Waals surface area contributed by atoms with Crippen molar-refractivity contribution in [3.63, 3.8) is 0 Å². The fourth-order valence-corrected chi connectivity index (χ4v) is 2.42. The lowest BCUT2D eigenvalue weighted by molar-refractivity contribution is -0.131. The molecule has 2 aromatic rings. The van der Waals surface area contributed by atoms with Crippen LogP contribution < -0.4 is 23.7 Å². The van der Waals surface area contributed by atoms with Gasteiger partial charge in [-0.25, -0.2) is 24.0 Å². The van der Waals surface area contributed by atoms with E-state index < -0.39 is 29.8 Å². The van der Waals surface area contributed by atoms with Crippen LogP contribution in [-0.4, -0.2) is 29.8 Å². The average molecular weight is 504 g/mol. The average Bonchev–Trinajstić information content (AvgIpc) is 2.89. The van der Waals surface area contributed by atoms with E-state index in [0.717, 1.165) is 30.4 Å². The van der Waals surface area contributed by atoms with Gasteiger partial charge in [0.2, 0.25) is 0 Å². The van der Waals surface area contributed by atoms with Gasteiger partial charge < -0.3 is 23.7 Å².